The molecule has 3 aliphatic rings. The zero-order valence-corrected chi connectivity index (χ0v) is 17.5. The molecule has 0 spiro atoms. The summed E-state index contributed by atoms with van der Waals surface area (Å²) in [6.45, 7) is 8.07. The number of thioether (sulfide) groups is 1. The van der Waals surface area contributed by atoms with E-state index in [1.165, 1.54) is 11.8 Å². The lowest BCUT2D eigenvalue weighted by molar-refractivity contribution is -0.198. The van der Waals surface area contributed by atoms with Crippen molar-refractivity contribution in [3.8, 4) is 5.69 Å². The highest BCUT2D eigenvalue weighted by molar-refractivity contribution is 7.99. The first-order valence-corrected chi connectivity index (χ1v) is 10.5. The van der Waals surface area contributed by atoms with Gasteiger partial charge in [0.15, 0.2) is 11.6 Å². The first-order chi connectivity index (χ1) is 13.8. The van der Waals surface area contributed by atoms with Gasteiger partial charge in [-0.05, 0) is 62.0 Å². The molecule has 0 radical (unpaired) electrons. The predicted molar refractivity (Wildman–Crippen MR) is 102 cm³/mol. The molecule has 3 aliphatic heterocycles. The number of rotatable bonds is 4. The molecule has 3 fully saturated rings. The van der Waals surface area contributed by atoms with Gasteiger partial charge >= 0.3 is 0 Å². The maximum Gasteiger partial charge on any atom is 0.216 e. The SMILES string of the molecule is CC1(C)O[C@H]2[C@@H]([C@H]3COC(C)(C)O3)OC(Sc3nnnn3-c3ccccc3)[C@H]2O1. The van der Waals surface area contributed by atoms with E-state index in [4.69, 9.17) is 23.7 Å². The number of benzene rings is 1. The highest BCUT2D eigenvalue weighted by atomic mass is 32.2. The molecule has 156 valence electrons. The Bertz CT molecular complexity index is 876. The second-order valence-electron chi connectivity index (χ2n) is 8.23. The van der Waals surface area contributed by atoms with Gasteiger partial charge in [-0.15, -0.1) is 5.10 Å². The molecule has 5 atom stereocenters. The summed E-state index contributed by atoms with van der Waals surface area (Å²) in [6.07, 6.45) is -1.06. The van der Waals surface area contributed by atoms with E-state index in [-0.39, 0.29) is 29.9 Å². The lowest BCUT2D eigenvalue weighted by Crippen LogP contribution is -2.40. The van der Waals surface area contributed by atoms with Crippen LogP contribution < -0.4 is 0 Å². The zero-order valence-electron chi connectivity index (χ0n) is 16.7. The van der Waals surface area contributed by atoms with Crippen LogP contribution in [0.2, 0.25) is 0 Å². The molecule has 0 saturated carbocycles. The number of ether oxygens (including phenoxy) is 5. The third kappa shape index (κ3) is 3.69. The molecular weight excluding hydrogens is 396 g/mol. The summed E-state index contributed by atoms with van der Waals surface area (Å²) in [5.41, 5.74) is 0.539. The van der Waals surface area contributed by atoms with Crippen LogP contribution in [0.1, 0.15) is 27.7 Å². The van der Waals surface area contributed by atoms with E-state index >= 15 is 0 Å². The molecule has 29 heavy (non-hydrogen) atoms. The van der Waals surface area contributed by atoms with Crippen molar-refractivity contribution in [2.75, 3.05) is 6.61 Å². The molecule has 1 unspecified atom stereocenters. The molecule has 4 heterocycles. The lowest BCUT2D eigenvalue weighted by Gasteiger charge is -2.26. The molecule has 9 nitrogen and oxygen atoms in total. The summed E-state index contributed by atoms with van der Waals surface area (Å²) in [5.74, 6) is -1.34. The van der Waals surface area contributed by atoms with Gasteiger partial charge < -0.3 is 23.7 Å². The van der Waals surface area contributed by atoms with Crippen molar-refractivity contribution in [3.05, 3.63) is 30.3 Å². The van der Waals surface area contributed by atoms with Crippen LogP contribution >= 0.6 is 11.8 Å². The molecule has 10 heteroatoms. The van der Waals surface area contributed by atoms with Gasteiger partial charge in [0.1, 0.15) is 29.9 Å². The van der Waals surface area contributed by atoms with Gasteiger partial charge in [-0.1, -0.05) is 18.2 Å². The van der Waals surface area contributed by atoms with E-state index in [0.29, 0.717) is 11.8 Å². The quantitative estimate of drug-likeness (QED) is 0.738. The van der Waals surface area contributed by atoms with Gasteiger partial charge in [0, 0.05) is 0 Å². The van der Waals surface area contributed by atoms with Gasteiger partial charge in [0.2, 0.25) is 5.16 Å². The number of hydrogen-bond donors (Lipinski definition) is 0. The van der Waals surface area contributed by atoms with Crippen molar-refractivity contribution in [2.45, 2.75) is 74.3 Å². The Hall–Kier alpha value is -1.56. The normalized spacial score (nSPS) is 35.1. The largest absolute Gasteiger partial charge is 0.355 e. The Kier molecular flexibility index (Phi) is 4.68. The van der Waals surface area contributed by atoms with E-state index in [9.17, 15) is 0 Å². The van der Waals surface area contributed by atoms with Gasteiger partial charge in [0.25, 0.3) is 0 Å². The third-order valence-corrected chi connectivity index (χ3v) is 6.18. The second kappa shape index (κ2) is 7.00. The van der Waals surface area contributed by atoms with Crippen LogP contribution in [0.3, 0.4) is 0 Å². The van der Waals surface area contributed by atoms with Crippen molar-refractivity contribution < 1.29 is 23.7 Å². The Morgan fingerprint density at radius 2 is 1.72 bits per heavy atom. The topological polar surface area (TPSA) is 89.8 Å². The van der Waals surface area contributed by atoms with Crippen LogP contribution in [0.15, 0.2) is 35.5 Å². The third-order valence-electron chi connectivity index (χ3n) is 5.11. The molecule has 1 aromatic heterocycles. The van der Waals surface area contributed by atoms with Gasteiger partial charge in [-0.2, -0.15) is 4.68 Å². The maximum atomic E-state index is 6.36. The van der Waals surface area contributed by atoms with Gasteiger partial charge in [0.05, 0.1) is 12.3 Å². The standard InChI is InChI=1S/C19H24N4O5S/c1-18(2)24-10-12(26-18)13-14-15(28-19(3,4)27-14)16(25-13)29-17-20-21-22-23(17)11-8-6-5-7-9-11/h5-9,12-16H,10H2,1-4H3/t12-,13-,14+,15+,16?/m1/s1. The van der Waals surface area contributed by atoms with Crippen LogP contribution in [-0.2, 0) is 23.7 Å². The first-order valence-electron chi connectivity index (χ1n) is 9.65. The maximum absolute atomic E-state index is 6.36. The van der Waals surface area contributed by atoms with Crippen molar-refractivity contribution in [1.29, 1.82) is 0 Å². The average Bonchev–Trinajstić information content (AvgIpc) is 3.40. The Morgan fingerprint density at radius 1 is 0.966 bits per heavy atom. The minimum Gasteiger partial charge on any atom is -0.355 e. The van der Waals surface area contributed by atoms with Gasteiger partial charge in [-0.3, -0.25) is 0 Å². The molecule has 0 amide bonds. The number of hydrogen-bond acceptors (Lipinski definition) is 9. The van der Waals surface area contributed by atoms with Crippen molar-refractivity contribution in [3.63, 3.8) is 0 Å². The number of para-hydroxylation sites is 1. The van der Waals surface area contributed by atoms with Crippen molar-refractivity contribution in [1.82, 2.24) is 20.2 Å². The van der Waals surface area contributed by atoms with E-state index in [1.54, 1.807) is 4.68 Å². The van der Waals surface area contributed by atoms with E-state index in [0.717, 1.165) is 5.69 Å². The Morgan fingerprint density at radius 3 is 2.45 bits per heavy atom. The number of tetrazole rings is 1. The number of nitrogens with zero attached hydrogens (tertiary/aromatic N) is 4. The molecule has 3 saturated heterocycles. The summed E-state index contributed by atoms with van der Waals surface area (Å²) in [6, 6.07) is 9.74. The molecule has 0 N–H and O–H groups in total. The monoisotopic (exact) mass is 420 g/mol. The molecule has 0 aliphatic carbocycles. The van der Waals surface area contributed by atoms with Crippen LogP contribution in [-0.4, -0.2) is 68.2 Å². The summed E-state index contributed by atoms with van der Waals surface area (Å²) in [7, 11) is 0. The number of fused-ring (bicyclic) bond motifs is 1. The highest BCUT2D eigenvalue weighted by Crippen LogP contribution is 2.46. The van der Waals surface area contributed by atoms with Crippen LogP contribution in [0.5, 0.6) is 0 Å². The minimum atomic E-state index is -0.698. The summed E-state index contributed by atoms with van der Waals surface area (Å²) < 4.78 is 32.2. The summed E-state index contributed by atoms with van der Waals surface area (Å²) >= 11 is 1.42. The fraction of sp³-hybridized carbons (Fsp3) is 0.632. The molecule has 1 aromatic carbocycles. The zero-order chi connectivity index (χ0) is 20.2. The summed E-state index contributed by atoms with van der Waals surface area (Å²) in [4.78, 5) is 0. The molecule has 2 aromatic rings. The minimum absolute atomic E-state index is 0.231. The van der Waals surface area contributed by atoms with Crippen molar-refractivity contribution >= 4 is 11.8 Å². The second-order valence-corrected chi connectivity index (χ2v) is 9.29. The Balaban J connectivity index is 1.39. The van der Waals surface area contributed by atoms with Crippen LogP contribution in [0, 0.1) is 0 Å². The van der Waals surface area contributed by atoms with E-state index < -0.39 is 11.6 Å². The fourth-order valence-electron chi connectivity index (χ4n) is 3.95. The fourth-order valence-corrected chi connectivity index (χ4v) is 5.01. The predicted octanol–water partition coefficient (Wildman–Crippen LogP) is 2.15. The van der Waals surface area contributed by atoms with Crippen molar-refractivity contribution in [2.24, 2.45) is 0 Å². The van der Waals surface area contributed by atoms with Crippen LogP contribution in [0.4, 0.5) is 0 Å². The first kappa shape index (κ1) is 19.4. The highest BCUT2D eigenvalue weighted by Gasteiger charge is 2.59. The average molecular weight is 420 g/mol. The Labute approximate surface area is 173 Å². The molecular formula is C19H24N4O5S. The number of aromatic nitrogens is 4. The van der Waals surface area contributed by atoms with E-state index in [2.05, 4.69) is 15.5 Å². The molecule has 5 rings (SSSR count). The lowest BCUT2D eigenvalue weighted by atomic mass is 10.1. The van der Waals surface area contributed by atoms with Gasteiger partial charge in [-0.25, -0.2) is 0 Å². The van der Waals surface area contributed by atoms with E-state index in [1.807, 2.05) is 58.0 Å². The molecule has 0 bridgehead atoms. The summed E-state index contributed by atoms with van der Waals surface area (Å²) in [5, 5.41) is 12.8. The van der Waals surface area contributed by atoms with Crippen LogP contribution in [0.25, 0.3) is 5.69 Å². The smallest absolute Gasteiger partial charge is 0.216 e.